The molecule has 0 spiro atoms. The summed E-state index contributed by atoms with van der Waals surface area (Å²) in [7, 11) is 0. The summed E-state index contributed by atoms with van der Waals surface area (Å²) in [5.74, 6) is 6.64. The summed E-state index contributed by atoms with van der Waals surface area (Å²) >= 11 is 1.68. The van der Waals surface area contributed by atoms with E-state index in [2.05, 4.69) is 37.6 Å². The van der Waals surface area contributed by atoms with Crippen LogP contribution in [0.3, 0.4) is 0 Å². The van der Waals surface area contributed by atoms with Gasteiger partial charge >= 0.3 is 0 Å². The minimum absolute atomic E-state index is 0.0883. The van der Waals surface area contributed by atoms with Gasteiger partial charge in [0.2, 0.25) is 0 Å². The number of thiophene rings is 1. The molecule has 3 heterocycles. The van der Waals surface area contributed by atoms with Gasteiger partial charge in [-0.1, -0.05) is 11.8 Å². The molecule has 98 valence electrons. The minimum Gasteiger partial charge on any atom is -0.384 e. The van der Waals surface area contributed by atoms with Crippen molar-refractivity contribution in [2.45, 2.75) is 19.6 Å². The normalized spacial score (nSPS) is 14.8. The Balaban J connectivity index is 1.65. The molecule has 3 rings (SSSR count). The van der Waals surface area contributed by atoms with Gasteiger partial charge in [0.1, 0.15) is 18.8 Å². The fraction of sp³-hybridized carbons (Fsp3) is 0.385. The van der Waals surface area contributed by atoms with E-state index in [1.807, 2.05) is 6.07 Å². The number of nitrogens with zero attached hydrogens (tertiary/aromatic N) is 4. The van der Waals surface area contributed by atoms with E-state index in [1.165, 1.54) is 4.88 Å². The molecule has 0 aliphatic carbocycles. The van der Waals surface area contributed by atoms with Crippen molar-refractivity contribution in [2.24, 2.45) is 0 Å². The molecular weight excluding hydrogens is 260 g/mol. The third-order valence-corrected chi connectivity index (χ3v) is 4.04. The van der Waals surface area contributed by atoms with Crippen LogP contribution < -0.4 is 0 Å². The summed E-state index contributed by atoms with van der Waals surface area (Å²) in [6, 6.07) is 4.11. The topological polar surface area (TPSA) is 54.2 Å². The van der Waals surface area contributed by atoms with Crippen LogP contribution in [0.15, 0.2) is 18.5 Å². The van der Waals surface area contributed by atoms with Gasteiger partial charge in [-0.05, 0) is 12.1 Å². The van der Waals surface area contributed by atoms with Crippen LogP contribution in [-0.2, 0) is 19.6 Å². The fourth-order valence-electron chi connectivity index (χ4n) is 2.13. The highest BCUT2D eigenvalue weighted by Gasteiger charge is 2.17. The number of hydrogen-bond acceptors (Lipinski definition) is 5. The number of hydrogen-bond donors (Lipinski definition) is 1. The van der Waals surface area contributed by atoms with Crippen LogP contribution in [0.4, 0.5) is 0 Å². The van der Waals surface area contributed by atoms with Gasteiger partial charge in [-0.25, -0.2) is 0 Å². The summed E-state index contributed by atoms with van der Waals surface area (Å²) in [5.41, 5.74) is 0. The number of fused-ring (bicyclic) bond motifs is 1. The molecule has 0 radical (unpaired) electrons. The average Bonchev–Trinajstić information content (AvgIpc) is 3.05. The molecule has 5 nitrogen and oxygen atoms in total. The first kappa shape index (κ1) is 12.4. The summed E-state index contributed by atoms with van der Waals surface area (Å²) in [6.07, 6.45) is 1.79. The van der Waals surface area contributed by atoms with Crippen molar-refractivity contribution in [3.05, 3.63) is 34.0 Å². The molecule has 6 heteroatoms. The van der Waals surface area contributed by atoms with Crippen molar-refractivity contribution in [1.29, 1.82) is 0 Å². The molecule has 1 aliphatic heterocycles. The van der Waals surface area contributed by atoms with Gasteiger partial charge in [-0.2, -0.15) is 0 Å². The molecule has 2 aromatic rings. The maximum absolute atomic E-state index is 8.68. The molecule has 0 atom stereocenters. The van der Waals surface area contributed by atoms with E-state index in [0.29, 0.717) is 0 Å². The first-order valence-corrected chi connectivity index (χ1v) is 6.94. The quantitative estimate of drug-likeness (QED) is 0.819. The molecular formula is C13H14N4OS. The van der Waals surface area contributed by atoms with Gasteiger partial charge in [0.15, 0.2) is 0 Å². The third-order valence-electron chi connectivity index (χ3n) is 3.05. The van der Waals surface area contributed by atoms with E-state index in [0.717, 1.165) is 36.9 Å². The van der Waals surface area contributed by atoms with Gasteiger partial charge in [-0.15, -0.1) is 21.5 Å². The highest BCUT2D eigenvalue weighted by Crippen LogP contribution is 2.19. The minimum atomic E-state index is -0.0883. The molecule has 1 aliphatic rings. The van der Waals surface area contributed by atoms with Gasteiger partial charge < -0.3 is 9.67 Å². The molecule has 2 aromatic heterocycles. The van der Waals surface area contributed by atoms with Crippen LogP contribution in [0.25, 0.3) is 0 Å². The SMILES string of the molecule is OCC#Cc1ccc(CN2CCn3cnnc3C2)s1. The van der Waals surface area contributed by atoms with Gasteiger partial charge in [0.05, 0.1) is 11.4 Å². The Morgan fingerprint density at radius 1 is 1.37 bits per heavy atom. The first-order chi connectivity index (χ1) is 9.35. The van der Waals surface area contributed by atoms with Crippen molar-refractivity contribution in [3.8, 4) is 11.8 Å². The predicted molar refractivity (Wildman–Crippen MR) is 72.4 cm³/mol. The van der Waals surface area contributed by atoms with E-state index in [-0.39, 0.29) is 6.61 Å². The highest BCUT2D eigenvalue weighted by atomic mass is 32.1. The van der Waals surface area contributed by atoms with E-state index in [4.69, 9.17) is 5.11 Å². The number of aromatic nitrogens is 3. The zero-order valence-electron chi connectivity index (χ0n) is 10.4. The van der Waals surface area contributed by atoms with Gasteiger partial charge in [0, 0.05) is 24.5 Å². The Kier molecular flexibility index (Phi) is 3.60. The molecule has 1 N–H and O–H groups in total. The predicted octanol–water partition coefficient (Wildman–Crippen LogP) is 0.699. The number of aliphatic hydroxyl groups excluding tert-OH is 1. The Labute approximate surface area is 115 Å². The molecule has 0 unspecified atom stereocenters. The average molecular weight is 274 g/mol. The lowest BCUT2D eigenvalue weighted by Crippen LogP contribution is -2.32. The van der Waals surface area contributed by atoms with E-state index in [9.17, 15) is 0 Å². The fourth-order valence-corrected chi connectivity index (χ4v) is 3.05. The second-order valence-corrected chi connectivity index (χ2v) is 5.55. The van der Waals surface area contributed by atoms with Crippen LogP contribution >= 0.6 is 11.3 Å². The molecule has 0 amide bonds. The molecule has 0 bridgehead atoms. The largest absolute Gasteiger partial charge is 0.384 e. The Bertz CT molecular complexity index is 622. The highest BCUT2D eigenvalue weighted by molar-refractivity contribution is 7.12. The standard InChI is InChI=1S/C13H14N4OS/c18-7-1-2-11-3-4-12(19-11)8-16-5-6-17-10-14-15-13(17)9-16/h3-4,10,18H,5-9H2. The molecule has 0 aromatic carbocycles. The van der Waals surface area contributed by atoms with Crippen molar-refractivity contribution < 1.29 is 5.11 Å². The third kappa shape index (κ3) is 2.84. The number of rotatable bonds is 2. The lowest BCUT2D eigenvalue weighted by molar-refractivity contribution is 0.210. The zero-order chi connectivity index (χ0) is 13.1. The zero-order valence-corrected chi connectivity index (χ0v) is 11.2. The van der Waals surface area contributed by atoms with Crippen LogP contribution in [0, 0.1) is 11.8 Å². The van der Waals surface area contributed by atoms with Gasteiger partial charge in [-0.3, -0.25) is 4.90 Å². The van der Waals surface area contributed by atoms with E-state index < -0.39 is 0 Å². The Hall–Kier alpha value is -1.68. The summed E-state index contributed by atoms with van der Waals surface area (Å²) < 4.78 is 2.10. The van der Waals surface area contributed by atoms with Crippen LogP contribution in [-0.4, -0.2) is 37.9 Å². The summed E-state index contributed by atoms with van der Waals surface area (Å²) in [5, 5.41) is 16.7. The van der Waals surface area contributed by atoms with Crippen molar-refractivity contribution in [1.82, 2.24) is 19.7 Å². The van der Waals surface area contributed by atoms with Crippen molar-refractivity contribution in [3.63, 3.8) is 0 Å². The second-order valence-electron chi connectivity index (χ2n) is 4.38. The molecule has 0 saturated heterocycles. The molecule has 19 heavy (non-hydrogen) atoms. The summed E-state index contributed by atoms with van der Waals surface area (Å²) in [6.45, 7) is 3.63. The lowest BCUT2D eigenvalue weighted by atomic mass is 10.3. The van der Waals surface area contributed by atoms with Crippen molar-refractivity contribution >= 4 is 11.3 Å². The monoisotopic (exact) mass is 274 g/mol. The van der Waals surface area contributed by atoms with Crippen LogP contribution in [0.2, 0.25) is 0 Å². The number of aliphatic hydroxyl groups is 1. The maximum Gasteiger partial charge on any atom is 0.147 e. The van der Waals surface area contributed by atoms with E-state index in [1.54, 1.807) is 17.7 Å². The molecule has 0 saturated carbocycles. The summed E-state index contributed by atoms with van der Waals surface area (Å²) in [4.78, 5) is 4.65. The smallest absolute Gasteiger partial charge is 0.147 e. The Morgan fingerprint density at radius 3 is 3.21 bits per heavy atom. The molecule has 0 fully saturated rings. The van der Waals surface area contributed by atoms with Crippen LogP contribution in [0.5, 0.6) is 0 Å². The van der Waals surface area contributed by atoms with E-state index >= 15 is 0 Å². The van der Waals surface area contributed by atoms with Crippen molar-refractivity contribution in [2.75, 3.05) is 13.2 Å². The van der Waals surface area contributed by atoms with Gasteiger partial charge in [0.25, 0.3) is 0 Å². The van der Waals surface area contributed by atoms with Crippen LogP contribution in [0.1, 0.15) is 15.6 Å². The second kappa shape index (κ2) is 5.53. The first-order valence-electron chi connectivity index (χ1n) is 6.12. The Morgan fingerprint density at radius 2 is 2.32 bits per heavy atom. The lowest BCUT2D eigenvalue weighted by Gasteiger charge is -2.26. The maximum atomic E-state index is 8.68.